The fourth-order valence-electron chi connectivity index (χ4n) is 2.18. The first-order valence-corrected chi connectivity index (χ1v) is 8.58. The van der Waals surface area contributed by atoms with Gasteiger partial charge in [0.25, 0.3) is 5.91 Å². The monoisotopic (exact) mass is 406 g/mol. The molecule has 2 aromatic rings. The molecule has 0 saturated heterocycles. The van der Waals surface area contributed by atoms with Gasteiger partial charge >= 0.3 is 0 Å². The highest BCUT2D eigenvalue weighted by Gasteiger charge is 2.14. The molecule has 0 heterocycles. The lowest BCUT2D eigenvalue weighted by Crippen LogP contribution is -2.32. The van der Waals surface area contributed by atoms with Crippen molar-refractivity contribution in [2.24, 2.45) is 0 Å². The SMILES string of the molecule is CC[C@H](NC(=O)COc1ccc(C#N)cc1Cl)c1ccc(Br)cc1. The lowest BCUT2D eigenvalue weighted by Gasteiger charge is -2.18. The Labute approximate surface area is 154 Å². The van der Waals surface area contributed by atoms with Crippen molar-refractivity contribution in [3.8, 4) is 11.8 Å². The second-order valence-corrected chi connectivity index (χ2v) is 6.45. The maximum atomic E-state index is 12.1. The van der Waals surface area contributed by atoms with E-state index in [0.717, 1.165) is 16.5 Å². The van der Waals surface area contributed by atoms with Gasteiger partial charge in [-0.3, -0.25) is 4.79 Å². The van der Waals surface area contributed by atoms with E-state index in [-0.39, 0.29) is 18.6 Å². The van der Waals surface area contributed by atoms with Crippen LogP contribution >= 0.6 is 27.5 Å². The molecular formula is C18H16BrClN2O2. The molecule has 0 aliphatic carbocycles. The van der Waals surface area contributed by atoms with Crippen LogP contribution in [0.3, 0.4) is 0 Å². The molecule has 0 radical (unpaired) electrons. The molecule has 124 valence electrons. The van der Waals surface area contributed by atoms with Crippen molar-refractivity contribution in [2.75, 3.05) is 6.61 Å². The van der Waals surface area contributed by atoms with Crippen LogP contribution in [0.5, 0.6) is 5.75 Å². The Bertz CT molecular complexity index is 757. The molecule has 0 fully saturated rings. The molecule has 0 spiro atoms. The van der Waals surface area contributed by atoms with Gasteiger partial charge < -0.3 is 10.1 Å². The van der Waals surface area contributed by atoms with Crippen molar-refractivity contribution in [3.63, 3.8) is 0 Å². The number of halogens is 2. The Morgan fingerprint density at radius 3 is 2.62 bits per heavy atom. The van der Waals surface area contributed by atoms with Gasteiger partial charge in [-0.25, -0.2) is 0 Å². The molecule has 0 aromatic heterocycles. The van der Waals surface area contributed by atoms with Gasteiger partial charge in [-0.15, -0.1) is 0 Å². The normalized spacial score (nSPS) is 11.4. The summed E-state index contributed by atoms with van der Waals surface area (Å²) in [5.74, 6) is 0.146. The number of nitrogens with zero attached hydrogens (tertiary/aromatic N) is 1. The highest BCUT2D eigenvalue weighted by Crippen LogP contribution is 2.25. The summed E-state index contributed by atoms with van der Waals surface area (Å²) < 4.78 is 6.43. The van der Waals surface area contributed by atoms with E-state index in [1.807, 2.05) is 37.3 Å². The molecule has 0 aliphatic rings. The van der Waals surface area contributed by atoms with Crippen LogP contribution in [-0.4, -0.2) is 12.5 Å². The van der Waals surface area contributed by atoms with E-state index in [0.29, 0.717) is 16.3 Å². The van der Waals surface area contributed by atoms with E-state index < -0.39 is 0 Å². The van der Waals surface area contributed by atoms with Crippen LogP contribution in [0, 0.1) is 11.3 Å². The highest BCUT2D eigenvalue weighted by atomic mass is 79.9. The first kappa shape index (κ1) is 18.3. The first-order valence-electron chi connectivity index (χ1n) is 7.40. The summed E-state index contributed by atoms with van der Waals surface area (Å²) in [5, 5.41) is 12.1. The van der Waals surface area contributed by atoms with E-state index in [1.54, 1.807) is 12.1 Å². The van der Waals surface area contributed by atoms with Gasteiger partial charge in [0.2, 0.25) is 0 Å². The number of hydrogen-bond donors (Lipinski definition) is 1. The van der Waals surface area contributed by atoms with Crippen molar-refractivity contribution in [1.82, 2.24) is 5.32 Å². The van der Waals surface area contributed by atoms with Crippen molar-refractivity contribution < 1.29 is 9.53 Å². The molecule has 4 nitrogen and oxygen atoms in total. The second-order valence-electron chi connectivity index (χ2n) is 5.13. The standard InChI is InChI=1S/C18H16BrClN2O2/c1-2-16(13-4-6-14(19)7-5-13)22-18(23)11-24-17-8-3-12(10-21)9-15(17)20/h3-9,16H,2,11H2,1H3,(H,22,23)/t16-/m0/s1. The van der Waals surface area contributed by atoms with Gasteiger partial charge in [-0.2, -0.15) is 5.26 Å². The Morgan fingerprint density at radius 1 is 1.33 bits per heavy atom. The van der Waals surface area contributed by atoms with Crippen LogP contribution in [0.2, 0.25) is 5.02 Å². The molecule has 24 heavy (non-hydrogen) atoms. The summed E-state index contributed by atoms with van der Waals surface area (Å²) in [5.41, 5.74) is 1.48. The van der Waals surface area contributed by atoms with E-state index in [9.17, 15) is 4.79 Å². The quantitative estimate of drug-likeness (QED) is 0.760. The molecule has 1 atom stereocenters. The molecule has 2 aromatic carbocycles. The average Bonchev–Trinajstić information content (AvgIpc) is 2.59. The van der Waals surface area contributed by atoms with Gasteiger partial charge in [0.15, 0.2) is 6.61 Å². The molecule has 1 N–H and O–H groups in total. The maximum Gasteiger partial charge on any atom is 0.258 e. The summed E-state index contributed by atoms with van der Waals surface area (Å²) in [6.07, 6.45) is 0.769. The van der Waals surface area contributed by atoms with Crippen molar-refractivity contribution >= 4 is 33.4 Å². The fourth-order valence-corrected chi connectivity index (χ4v) is 2.68. The minimum atomic E-state index is -0.231. The molecule has 0 saturated carbocycles. The third-order valence-electron chi connectivity index (χ3n) is 3.44. The maximum absolute atomic E-state index is 12.1. The topological polar surface area (TPSA) is 62.1 Å². The predicted octanol–water partition coefficient (Wildman–Crippen LogP) is 4.62. The molecular weight excluding hydrogens is 392 g/mol. The molecule has 0 aliphatic heterocycles. The van der Waals surface area contributed by atoms with Crippen molar-refractivity contribution in [2.45, 2.75) is 19.4 Å². The minimum absolute atomic E-state index is 0.0781. The lowest BCUT2D eigenvalue weighted by atomic mass is 10.0. The van der Waals surface area contributed by atoms with Gasteiger partial charge in [0.05, 0.1) is 22.7 Å². The lowest BCUT2D eigenvalue weighted by molar-refractivity contribution is -0.123. The van der Waals surface area contributed by atoms with Crippen LogP contribution < -0.4 is 10.1 Å². The van der Waals surface area contributed by atoms with Crippen LogP contribution in [0.1, 0.15) is 30.5 Å². The first-order chi connectivity index (χ1) is 11.5. The largest absolute Gasteiger partial charge is 0.482 e. The number of carbonyl (C=O) groups excluding carboxylic acids is 1. The van der Waals surface area contributed by atoms with E-state index in [2.05, 4.69) is 21.2 Å². The van der Waals surface area contributed by atoms with Crippen LogP contribution in [0.25, 0.3) is 0 Å². The second kappa shape index (κ2) is 8.72. The average molecular weight is 408 g/mol. The highest BCUT2D eigenvalue weighted by molar-refractivity contribution is 9.10. The number of rotatable bonds is 6. The van der Waals surface area contributed by atoms with Gasteiger partial charge in [0, 0.05) is 4.47 Å². The zero-order valence-corrected chi connectivity index (χ0v) is 15.4. The number of ether oxygens (including phenoxy) is 1. The number of hydrogen-bond acceptors (Lipinski definition) is 3. The number of nitrogens with one attached hydrogen (secondary N) is 1. The molecule has 2 rings (SSSR count). The summed E-state index contributed by atoms with van der Waals surface area (Å²) in [7, 11) is 0. The molecule has 1 amide bonds. The third kappa shape index (κ3) is 4.98. The van der Waals surface area contributed by atoms with Crippen LogP contribution in [0.15, 0.2) is 46.9 Å². The van der Waals surface area contributed by atoms with E-state index >= 15 is 0 Å². The zero-order chi connectivity index (χ0) is 17.5. The zero-order valence-electron chi connectivity index (χ0n) is 13.1. The number of nitriles is 1. The predicted molar refractivity (Wildman–Crippen MR) is 97.0 cm³/mol. The van der Waals surface area contributed by atoms with Gasteiger partial charge in [-0.1, -0.05) is 46.6 Å². The smallest absolute Gasteiger partial charge is 0.258 e. The Kier molecular flexibility index (Phi) is 6.65. The number of carbonyl (C=O) groups is 1. The molecule has 6 heteroatoms. The molecule has 0 bridgehead atoms. The van der Waals surface area contributed by atoms with Crippen LogP contribution in [-0.2, 0) is 4.79 Å². The Morgan fingerprint density at radius 2 is 2.04 bits per heavy atom. The summed E-state index contributed by atoms with van der Waals surface area (Å²) in [6, 6.07) is 14.4. The van der Waals surface area contributed by atoms with Gasteiger partial charge in [0.1, 0.15) is 5.75 Å². The third-order valence-corrected chi connectivity index (χ3v) is 4.26. The van der Waals surface area contributed by atoms with Crippen LogP contribution in [0.4, 0.5) is 0 Å². The minimum Gasteiger partial charge on any atom is -0.482 e. The van der Waals surface area contributed by atoms with Gasteiger partial charge in [-0.05, 0) is 42.3 Å². The van der Waals surface area contributed by atoms with E-state index in [4.69, 9.17) is 21.6 Å². The summed E-state index contributed by atoms with van der Waals surface area (Å²) in [6.45, 7) is 1.87. The number of amides is 1. The fraction of sp³-hybridized carbons (Fsp3) is 0.222. The summed E-state index contributed by atoms with van der Waals surface area (Å²) >= 11 is 9.42. The van der Waals surface area contributed by atoms with Crippen molar-refractivity contribution in [3.05, 3.63) is 63.1 Å². The Balaban J connectivity index is 1.94. The Hall–Kier alpha value is -2.03. The summed E-state index contributed by atoms with van der Waals surface area (Å²) in [4.78, 5) is 12.1. The molecule has 0 unspecified atom stereocenters. The van der Waals surface area contributed by atoms with Crippen molar-refractivity contribution in [1.29, 1.82) is 5.26 Å². The number of benzene rings is 2. The van der Waals surface area contributed by atoms with E-state index in [1.165, 1.54) is 6.07 Å².